The summed E-state index contributed by atoms with van der Waals surface area (Å²) in [5.41, 5.74) is 2.18. The van der Waals surface area contributed by atoms with Gasteiger partial charge >= 0.3 is 5.97 Å². The molecular formula is C31H28N2O6. The first-order valence-corrected chi connectivity index (χ1v) is 11.9. The lowest BCUT2D eigenvalue weighted by Crippen LogP contribution is -2.24. The second kappa shape index (κ2) is 14.4. The zero-order chi connectivity index (χ0) is 28.0. The Morgan fingerprint density at radius 1 is 0.923 bits per heavy atom. The fourth-order valence-corrected chi connectivity index (χ4v) is 3.38. The van der Waals surface area contributed by atoms with E-state index in [1.54, 1.807) is 43.5 Å². The first-order valence-electron chi connectivity index (χ1n) is 11.9. The quantitative estimate of drug-likeness (QED) is 0.115. The highest BCUT2D eigenvalue weighted by atomic mass is 16.6. The number of nitrogens with one attached hydrogen (secondary N) is 1. The lowest BCUT2D eigenvalue weighted by Gasteiger charge is -2.11. The minimum Gasteiger partial charge on any atom is -0.493 e. The van der Waals surface area contributed by atoms with E-state index in [-0.39, 0.29) is 23.6 Å². The average molecular weight is 525 g/mol. The molecule has 0 heterocycles. The monoisotopic (exact) mass is 524 g/mol. The van der Waals surface area contributed by atoms with E-state index < -0.39 is 11.9 Å². The third kappa shape index (κ3) is 8.37. The van der Waals surface area contributed by atoms with Gasteiger partial charge in [0.05, 0.1) is 14.2 Å². The second-order valence-corrected chi connectivity index (χ2v) is 8.02. The molecule has 3 aromatic rings. The SMILES string of the molecule is C=CCNC(=O)C(C#N)=Cc1ccc(OC(=O)C=Cc2ccc(OCc3ccccc3)c(OC)c2)c(OC)c1. The van der Waals surface area contributed by atoms with Crippen molar-refractivity contribution in [3.63, 3.8) is 0 Å². The highest BCUT2D eigenvalue weighted by molar-refractivity contribution is 6.01. The maximum Gasteiger partial charge on any atom is 0.336 e. The van der Waals surface area contributed by atoms with Gasteiger partial charge in [0.25, 0.3) is 5.91 Å². The molecule has 198 valence electrons. The Kier molecular flexibility index (Phi) is 10.5. The van der Waals surface area contributed by atoms with Gasteiger partial charge in [0, 0.05) is 12.6 Å². The number of esters is 1. The summed E-state index contributed by atoms with van der Waals surface area (Å²) in [7, 11) is 2.97. The summed E-state index contributed by atoms with van der Waals surface area (Å²) >= 11 is 0. The number of carbonyl (C=O) groups excluding carboxylic acids is 2. The van der Waals surface area contributed by atoms with Gasteiger partial charge in [0.15, 0.2) is 23.0 Å². The predicted octanol–water partition coefficient (Wildman–Crippen LogP) is 5.11. The van der Waals surface area contributed by atoms with Crippen LogP contribution < -0.4 is 24.3 Å². The molecule has 1 amide bonds. The first-order chi connectivity index (χ1) is 19.0. The summed E-state index contributed by atoms with van der Waals surface area (Å²) in [5, 5.41) is 11.9. The van der Waals surface area contributed by atoms with Gasteiger partial charge in [0.1, 0.15) is 18.2 Å². The molecule has 0 aliphatic rings. The van der Waals surface area contributed by atoms with E-state index in [2.05, 4.69) is 11.9 Å². The highest BCUT2D eigenvalue weighted by Gasteiger charge is 2.12. The Morgan fingerprint density at radius 3 is 2.28 bits per heavy atom. The van der Waals surface area contributed by atoms with Gasteiger partial charge in [-0.15, -0.1) is 6.58 Å². The largest absolute Gasteiger partial charge is 0.493 e. The Labute approximate surface area is 227 Å². The average Bonchev–Trinajstić information content (AvgIpc) is 2.97. The number of rotatable bonds is 12. The lowest BCUT2D eigenvalue weighted by atomic mass is 10.1. The third-order valence-electron chi connectivity index (χ3n) is 5.32. The molecule has 0 radical (unpaired) electrons. The number of ether oxygens (including phenoxy) is 4. The molecule has 8 heteroatoms. The highest BCUT2D eigenvalue weighted by Crippen LogP contribution is 2.31. The predicted molar refractivity (Wildman–Crippen MR) is 148 cm³/mol. The molecule has 0 aliphatic heterocycles. The van der Waals surface area contributed by atoms with E-state index in [0.717, 1.165) is 5.56 Å². The van der Waals surface area contributed by atoms with Crippen LogP contribution in [0.15, 0.2) is 91.0 Å². The van der Waals surface area contributed by atoms with Gasteiger partial charge in [-0.2, -0.15) is 5.26 Å². The van der Waals surface area contributed by atoms with Crippen LogP contribution in [0.1, 0.15) is 16.7 Å². The van der Waals surface area contributed by atoms with Crippen LogP contribution in [0.3, 0.4) is 0 Å². The maximum absolute atomic E-state index is 12.5. The molecule has 0 atom stereocenters. The number of nitriles is 1. The molecule has 0 fully saturated rings. The van der Waals surface area contributed by atoms with Gasteiger partial charge in [-0.25, -0.2) is 4.79 Å². The molecule has 8 nitrogen and oxygen atoms in total. The van der Waals surface area contributed by atoms with Gasteiger partial charge in [0.2, 0.25) is 0 Å². The van der Waals surface area contributed by atoms with Gasteiger partial charge in [-0.05, 0) is 53.1 Å². The van der Waals surface area contributed by atoms with Crippen molar-refractivity contribution in [1.82, 2.24) is 5.32 Å². The number of nitrogens with zero attached hydrogens (tertiary/aromatic N) is 1. The molecule has 3 rings (SSSR count). The van der Waals surface area contributed by atoms with Crippen LogP contribution in [-0.4, -0.2) is 32.6 Å². The van der Waals surface area contributed by atoms with Crippen molar-refractivity contribution >= 4 is 24.0 Å². The molecule has 3 aromatic carbocycles. The van der Waals surface area contributed by atoms with Crippen LogP contribution in [0.25, 0.3) is 12.2 Å². The zero-order valence-corrected chi connectivity index (χ0v) is 21.7. The van der Waals surface area contributed by atoms with Crippen molar-refractivity contribution in [2.75, 3.05) is 20.8 Å². The van der Waals surface area contributed by atoms with Gasteiger partial charge in [-0.3, -0.25) is 4.79 Å². The number of amides is 1. The number of carbonyl (C=O) groups is 2. The van der Waals surface area contributed by atoms with Gasteiger partial charge < -0.3 is 24.3 Å². The van der Waals surface area contributed by atoms with Crippen molar-refractivity contribution in [1.29, 1.82) is 5.26 Å². The molecule has 0 saturated carbocycles. The van der Waals surface area contributed by atoms with Crippen LogP contribution in [0, 0.1) is 11.3 Å². The number of hydrogen-bond acceptors (Lipinski definition) is 7. The van der Waals surface area contributed by atoms with Gasteiger partial charge in [-0.1, -0.05) is 48.5 Å². The summed E-state index contributed by atoms with van der Waals surface area (Å²) < 4.78 is 22.1. The maximum atomic E-state index is 12.5. The summed E-state index contributed by atoms with van der Waals surface area (Å²) in [6, 6.07) is 21.7. The molecule has 0 saturated heterocycles. The third-order valence-corrected chi connectivity index (χ3v) is 5.32. The standard InChI is InChI=1S/C31H28N2O6/c1-4-16-33-31(35)25(20-32)17-24-11-14-27(29(19-24)37-3)39-30(34)15-12-22-10-13-26(28(18-22)36-2)38-21-23-8-6-5-7-9-23/h4-15,17-19H,1,16,21H2,2-3H3,(H,33,35). The topological polar surface area (TPSA) is 107 Å². The summed E-state index contributed by atoms with van der Waals surface area (Å²) in [5.74, 6) is 0.405. The smallest absolute Gasteiger partial charge is 0.336 e. The minimum atomic E-state index is -0.624. The van der Waals surface area contributed by atoms with Crippen LogP contribution in [0.4, 0.5) is 0 Å². The number of hydrogen-bond donors (Lipinski definition) is 1. The Hall–Kier alpha value is -5.29. The van der Waals surface area contributed by atoms with Crippen molar-refractivity contribution in [2.24, 2.45) is 0 Å². The van der Waals surface area contributed by atoms with Crippen LogP contribution >= 0.6 is 0 Å². The first kappa shape index (κ1) is 28.3. The van der Waals surface area contributed by atoms with Crippen molar-refractivity contribution in [3.05, 3.63) is 108 Å². The Morgan fingerprint density at radius 2 is 1.59 bits per heavy atom. The summed E-state index contributed by atoms with van der Waals surface area (Å²) in [6.45, 7) is 4.16. The molecule has 0 aromatic heterocycles. The summed E-state index contributed by atoms with van der Waals surface area (Å²) in [4.78, 5) is 24.6. The lowest BCUT2D eigenvalue weighted by molar-refractivity contribution is -0.129. The molecule has 0 aliphatic carbocycles. The number of benzene rings is 3. The Balaban J connectivity index is 1.67. The normalized spacial score (nSPS) is 10.8. The van der Waals surface area contributed by atoms with Crippen LogP contribution in [0.2, 0.25) is 0 Å². The van der Waals surface area contributed by atoms with E-state index >= 15 is 0 Å². The zero-order valence-electron chi connectivity index (χ0n) is 21.7. The molecule has 0 spiro atoms. The Bertz CT molecular complexity index is 1420. The van der Waals surface area contributed by atoms with Crippen LogP contribution in [-0.2, 0) is 16.2 Å². The van der Waals surface area contributed by atoms with E-state index in [0.29, 0.717) is 29.2 Å². The number of methoxy groups -OCH3 is 2. The van der Waals surface area contributed by atoms with E-state index in [9.17, 15) is 14.9 Å². The molecule has 39 heavy (non-hydrogen) atoms. The van der Waals surface area contributed by atoms with Crippen LogP contribution in [0.5, 0.6) is 23.0 Å². The van der Waals surface area contributed by atoms with E-state index in [4.69, 9.17) is 18.9 Å². The van der Waals surface area contributed by atoms with Crippen molar-refractivity contribution in [2.45, 2.75) is 6.61 Å². The molecule has 0 unspecified atom stereocenters. The fourth-order valence-electron chi connectivity index (χ4n) is 3.38. The second-order valence-electron chi connectivity index (χ2n) is 8.02. The molecule has 0 bridgehead atoms. The van der Waals surface area contributed by atoms with Crippen molar-refractivity contribution < 1.29 is 28.5 Å². The molecular weight excluding hydrogens is 496 g/mol. The van der Waals surface area contributed by atoms with Crippen molar-refractivity contribution in [3.8, 4) is 29.1 Å². The fraction of sp³-hybridized carbons (Fsp3) is 0.129. The molecule has 1 N–H and O–H groups in total. The minimum absolute atomic E-state index is 0.0847. The van der Waals surface area contributed by atoms with E-state index in [1.165, 1.54) is 31.4 Å². The van der Waals surface area contributed by atoms with E-state index in [1.807, 2.05) is 36.4 Å². The summed E-state index contributed by atoms with van der Waals surface area (Å²) in [6.07, 6.45) is 5.80.